The van der Waals surface area contributed by atoms with Gasteiger partial charge < -0.3 is 14.7 Å². The van der Waals surface area contributed by atoms with Gasteiger partial charge in [-0.3, -0.25) is 0 Å². The monoisotopic (exact) mass is 147 g/mol. The molecule has 0 atom stereocenters. The van der Waals surface area contributed by atoms with E-state index in [-0.39, 0.29) is 13.2 Å². The van der Waals surface area contributed by atoms with Crippen LogP contribution in [0.5, 0.6) is 0 Å². The first kappa shape index (κ1) is 8.74. The van der Waals surface area contributed by atoms with Crippen LogP contribution in [0.25, 0.3) is 0 Å². The molecule has 0 radical (unpaired) electrons. The summed E-state index contributed by atoms with van der Waals surface area (Å²) in [4.78, 5) is 14.2. The number of hydrogen-bond acceptors (Lipinski definition) is 4. The van der Waals surface area contributed by atoms with Crippen molar-refractivity contribution in [3.63, 3.8) is 0 Å². The Labute approximate surface area is 58.2 Å². The van der Waals surface area contributed by atoms with E-state index in [2.05, 4.69) is 14.7 Å². The summed E-state index contributed by atoms with van der Waals surface area (Å²) in [7, 11) is 0. The van der Waals surface area contributed by atoms with Crippen molar-refractivity contribution >= 4 is 12.4 Å². The molecule has 0 aromatic rings. The van der Waals surface area contributed by atoms with Crippen molar-refractivity contribution < 1.29 is 19.5 Å². The Morgan fingerprint density at radius 1 is 1.70 bits per heavy atom. The average molecular weight is 147 g/mol. The van der Waals surface area contributed by atoms with Gasteiger partial charge in [-0.2, -0.15) is 0 Å². The first-order valence-electron chi connectivity index (χ1n) is 2.73. The van der Waals surface area contributed by atoms with Gasteiger partial charge in [-0.15, -0.1) is 0 Å². The van der Waals surface area contributed by atoms with Gasteiger partial charge in [0.2, 0.25) is 0 Å². The number of ether oxygens (including phenoxy) is 1. The maximum atomic E-state index is 9.72. The Morgan fingerprint density at radius 3 is 2.90 bits per heavy atom. The molecule has 0 aliphatic rings. The summed E-state index contributed by atoms with van der Waals surface area (Å²) in [5.74, 6) is 0. The zero-order valence-corrected chi connectivity index (χ0v) is 5.61. The van der Waals surface area contributed by atoms with Gasteiger partial charge >= 0.3 is 6.16 Å². The van der Waals surface area contributed by atoms with E-state index >= 15 is 0 Å². The number of carbonyl (C=O) groups is 1. The molecule has 0 aliphatic carbocycles. The van der Waals surface area contributed by atoms with Crippen LogP contribution in [0.2, 0.25) is 0 Å². The maximum Gasteiger partial charge on any atom is 0.505 e. The fraction of sp³-hybridized carbons (Fsp3) is 0.600. The second-order valence-corrected chi connectivity index (χ2v) is 1.31. The minimum atomic E-state index is -1.30. The van der Waals surface area contributed by atoms with Gasteiger partial charge in [0.25, 0.3) is 0 Å². The Balaban J connectivity index is 2.98. The molecule has 0 aromatic heterocycles. The van der Waals surface area contributed by atoms with Crippen molar-refractivity contribution in [1.82, 2.24) is 0 Å². The van der Waals surface area contributed by atoms with E-state index in [4.69, 9.17) is 5.11 Å². The van der Waals surface area contributed by atoms with Crippen LogP contribution in [0.4, 0.5) is 4.79 Å². The van der Waals surface area contributed by atoms with Crippen LogP contribution < -0.4 is 0 Å². The molecule has 0 fully saturated rings. The zero-order chi connectivity index (χ0) is 7.82. The standard InChI is InChI=1S/C5H9NO4/c1-2-6-10-4-3-9-5(7)8/h2H,3-4H2,1H3,(H,7,8). The molecule has 0 rings (SSSR count). The van der Waals surface area contributed by atoms with Gasteiger partial charge in [0.15, 0.2) is 6.61 Å². The van der Waals surface area contributed by atoms with Crippen LogP contribution in [0.1, 0.15) is 6.92 Å². The van der Waals surface area contributed by atoms with E-state index in [9.17, 15) is 4.79 Å². The minimum absolute atomic E-state index is 0.00662. The van der Waals surface area contributed by atoms with Gasteiger partial charge in [0, 0.05) is 6.21 Å². The third kappa shape index (κ3) is 6.74. The van der Waals surface area contributed by atoms with Crippen molar-refractivity contribution in [2.24, 2.45) is 5.16 Å². The Bertz CT molecular complexity index is 123. The van der Waals surface area contributed by atoms with Gasteiger partial charge in [0.1, 0.15) is 6.61 Å². The number of carboxylic acid groups (broad SMARTS) is 1. The van der Waals surface area contributed by atoms with E-state index in [1.54, 1.807) is 6.92 Å². The lowest BCUT2D eigenvalue weighted by molar-refractivity contribution is 0.0504. The van der Waals surface area contributed by atoms with Gasteiger partial charge in [-0.1, -0.05) is 5.16 Å². The quantitative estimate of drug-likeness (QED) is 0.275. The smallest absolute Gasteiger partial charge is 0.450 e. The molecule has 0 amide bonds. The lowest BCUT2D eigenvalue weighted by atomic mass is 10.8. The molecular weight excluding hydrogens is 138 g/mol. The number of hydrogen-bond donors (Lipinski definition) is 1. The summed E-state index contributed by atoms with van der Waals surface area (Å²) in [6.07, 6.45) is 0.157. The van der Waals surface area contributed by atoms with Gasteiger partial charge in [-0.25, -0.2) is 4.79 Å². The summed E-state index contributed by atoms with van der Waals surface area (Å²) >= 11 is 0. The zero-order valence-electron chi connectivity index (χ0n) is 5.61. The minimum Gasteiger partial charge on any atom is -0.450 e. The second-order valence-electron chi connectivity index (χ2n) is 1.31. The molecule has 0 aromatic carbocycles. The Hall–Kier alpha value is -1.26. The van der Waals surface area contributed by atoms with E-state index < -0.39 is 6.16 Å². The molecule has 0 heterocycles. The van der Waals surface area contributed by atoms with Crippen LogP contribution in [0, 0.1) is 0 Å². The van der Waals surface area contributed by atoms with E-state index in [0.29, 0.717) is 0 Å². The van der Waals surface area contributed by atoms with Crippen LogP contribution in [-0.4, -0.2) is 30.7 Å². The molecule has 0 bridgehead atoms. The molecule has 0 saturated heterocycles. The third-order valence-corrected chi connectivity index (χ3v) is 0.580. The van der Waals surface area contributed by atoms with Crippen LogP contribution in [-0.2, 0) is 9.57 Å². The van der Waals surface area contributed by atoms with Crippen molar-refractivity contribution in [3.05, 3.63) is 0 Å². The molecule has 58 valence electrons. The highest BCUT2D eigenvalue weighted by Crippen LogP contribution is 1.78. The number of nitrogens with zero attached hydrogens (tertiary/aromatic N) is 1. The van der Waals surface area contributed by atoms with Gasteiger partial charge in [-0.05, 0) is 6.92 Å². The highest BCUT2D eigenvalue weighted by molar-refractivity contribution is 5.56. The predicted octanol–water partition coefficient (Wildman–Crippen LogP) is 0.703. The lowest BCUT2D eigenvalue weighted by Crippen LogP contribution is -2.06. The molecule has 0 unspecified atom stereocenters. The lowest BCUT2D eigenvalue weighted by Gasteiger charge is -1.97. The summed E-state index contributed by atoms with van der Waals surface area (Å²) in [5.41, 5.74) is 0. The van der Waals surface area contributed by atoms with E-state index in [1.807, 2.05) is 0 Å². The molecular formula is C5H9NO4. The first-order valence-corrected chi connectivity index (χ1v) is 2.73. The van der Waals surface area contributed by atoms with Crippen molar-refractivity contribution in [2.75, 3.05) is 13.2 Å². The Morgan fingerprint density at radius 2 is 2.40 bits per heavy atom. The van der Waals surface area contributed by atoms with Crippen molar-refractivity contribution in [1.29, 1.82) is 0 Å². The molecule has 1 N–H and O–H groups in total. The highest BCUT2D eigenvalue weighted by atomic mass is 16.7. The predicted molar refractivity (Wildman–Crippen MR) is 34.1 cm³/mol. The molecule has 0 aliphatic heterocycles. The second kappa shape index (κ2) is 5.87. The maximum absolute atomic E-state index is 9.72. The average Bonchev–Trinajstić information content (AvgIpc) is 1.87. The van der Waals surface area contributed by atoms with Crippen molar-refractivity contribution in [2.45, 2.75) is 6.92 Å². The SMILES string of the molecule is CC=NOCCOC(=O)O. The summed E-state index contributed by atoms with van der Waals surface area (Å²) in [6.45, 7) is 1.85. The number of oxime groups is 1. The van der Waals surface area contributed by atoms with Gasteiger partial charge in [0.05, 0.1) is 0 Å². The van der Waals surface area contributed by atoms with E-state index in [0.717, 1.165) is 0 Å². The fourth-order valence-corrected chi connectivity index (χ4v) is 0.293. The van der Waals surface area contributed by atoms with Crippen molar-refractivity contribution in [3.8, 4) is 0 Å². The van der Waals surface area contributed by atoms with E-state index in [1.165, 1.54) is 6.21 Å². The highest BCUT2D eigenvalue weighted by Gasteiger charge is 1.93. The Kier molecular flexibility index (Phi) is 5.13. The van der Waals surface area contributed by atoms with Crippen LogP contribution >= 0.6 is 0 Å². The normalized spacial score (nSPS) is 9.70. The molecule has 5 heteroatoms. The summed E-state index contributed by atoms with van der Waals surface area (Å²) < 4.78 is 4.11. The summed E-state index contributed by atoms with van der Waals surface area (Å²) in [5, 5.41) is 11.3. The fourth-order valence-electron chi connectivity index (χ4n) is 0.293. The molecule has 0 spiro atoms. The molecule has 5 nitrogen and oxygen atoms in total. The first-order chi connectivity index (χ1) is 4.77. The molecule has 10 heavy (non-hydrogen) atoms. The number of rotatable bonds is 4. The topological polar surface area (TPSA) is 68.1 Å². The summed E-state index contributed by atoms with van der Waals surface area (Å²) in [6, 6.07) is 0. The van der Waals surface area contributed by atoms with Crippen LogP contribution in [0.15, 0.2) is 5.16 Å². The third-order valence-electron chi connectivity index (χ3n) is 0.580. The van der Waals surface area contributed by atoms with Crippen LogP contribution in [0.3, 0.4) is 0 Å². The largest absolute Gasteiger partial charge is 0.505 e. The molecule has 0 saturated carbocycles.